The lowest BCUT2D eigenvalue weighted by molar-refractivity contribution is 0.627. The van der Waals surface area contributed by atoms with E-state index in [9.17, 15) is 8.78 Å². The van der Waals surface area contributed by atoms with Crippen LogP contribution >= 0.6 is 0 Å². The highest BCUT2D eigenvalue weighted by atomic mass is 19.1. The second-order valence-corrected chi connectivity index (χ2v) is 21.0. The second-order valence-electron chi connectivity index (χ2n) is 21.0. The number of halogens is 2. The zero-order valence-electron chi connectivity index (χ0n) is 40.5. The Bertz CT molecular complexity index is 3870. The largest absolute Gasteiger partial charge is 0.207 e. The predicted molar refractivity (Wildman–Crippen MR) is 299 cm³/mol. The third-order valence-electron chi connectivity index (χ3n) is 16.4. The maximum atomic E-state index is 14.2. The standard InChI is InChI=1S/C70H48F2/c1-69(2)61-37-43(25-33-49(61)51-35-27-45(39-63(51)69)67-57-17-9-5-13-53(57)65(41-21-29-47(71)30-22-41)54-14-6-10-18-58(54)67)44-26-34-50-52-36-28-46(40-64(52)70(3,4)62(50)38-44)68-59-19-11-7-15-55(59)66(42-23-31-48(72)32-24-42)56-16-8-12-20-60(56)68/h5-40H,1-4H3. The van der Waals surface area contributed by atoms with Gasteiger partial charge in [-0.1, -0.05) is 198 Å². The first-order valence-electron chi connectivity index (χ1n) is 25.0. The molecule has 0 saturated carbocycles. The Hall–Kier alpha value is -8.46. The van der Waals surface area contributed by atoms with Crippen molar-refractivity contribution < 1.29 is 8.78 Å². The number of hydrogen-bond acceptors (Lipinski definition) is 0. The van der Waals surface area contributed by atoms with E-state index >= 15 is 0 Å². The third-order valence-corrected chi connectivity index (χ3v) is 16.4. The van der Waals surface area contributed by atoms with Crippen molar-refractivity contribution >= 4 is 43.1 Å². The molecule has 12 aromatic rings. The summed E-state index contributed by atoms with van der Waals surface area (Å²) < 4.78 is 28.4. The second kappa shape index (κ2) is 15.5. The first-order valence-corrected chi connectivity index (χ1v) is 25.0. The van der Waals surface area contributed by atoms with Crippen molar-refractivity contribution in [3.63, 3.8) is 0 Å². The highest BCUT2D eigenvalue weighted by Crippen LogP contribution is 2.55. The fraction of sp³-hybridized carbons (Fsp3) is 0.0857. The molecule has 2 aliphatic carbocycles. The zero-order valence-corrected chi connectivity index (χ0v) is 40.5. The Labute approximate surface area is 418 Å². The zero-order chi connectivity index (χ0) is 48.6. The molecule has 0 amide bonds. The van der Waals surface area contributed by atoms with E-state index in [1.54, 1.807) is 24.3 Å². The van der Waals surface area contributed by atoms with Crippen molar-refractivity contribution in [2.24, 2.45) is 0 Å². The Morgan fingerprint density at radius 1 is 0.236 bits per heavy atom. The summed E-state index contributed by atoms with van der Waals surface area (Å²) >= 11 is 0. The van der Waals surface area contributed by atoms with Gasteiger partial charge >= 0.3 is 0 Å². The Morgan fingerprint density at radius 2 is 0.444 bits per heavy atom. The molecule has 0 atom stereocenters. The van der Waals surface area contributed by atoms with Crippen LogP contribution in [0.1, 0.15) is 49.9 Å². The lowest BCUT2D eigenvalue weighted by atomic mass is 9.79. The van der Waals surface area contributed by atoms with Gasteiger partial charge in [0.25, 0.3) is 0 Å². The Balaban J connectivity index is 0.836. The molecule has 0 aliphatic heterocycles. The first kappa shape index (κ1) is 42.4. The first-order chi connectivity index (χ1) is 35.0. The average Bonchev–Trinajstić information content (AvgIpc) is 3.77. The van der Waals surface area contributed by atoms with Crippen LogP contribution in [0.25, 0.3) is 121 Å². The molecule has 2 aliphatic rings. The van der Waals surface area contributed by atoms with Crippen LogP contribution in [0.5, 0.6) is 0 Å². The predicted octanol–water partition coefficient (Wildman–Crippen LogP) is 19.5. The molecule has 0 fully saturated rings. The minimum Gasteiger partial charge on any atom is -0.207 e. The van der Waals surface area contributed by atoms with Gasteiger partial charge in [-0.2, -0.15) is 0 Å². The van der Waals surface area contributed by atoms with Crippen LogP contribution in [0.4, 0.5) is 8.78 Å². The lowest BCUT2D eigenvalue weighted by Gasteiger charge is -2.24. The molecule has 0 saturated heterocycles. The number of fused-ring (bicyclic) bond motifs is 10. The third kappa shape index (κ3) is 6.15. The van der Waals surface area contributed by atoms with Gasteiger partial charge in [-0.25, -0.2) is 8.78 Å². The molecule has 342 valence electrons. The topological polar surface area (TPSA) is 0 Å². The van der Waals surface area contributed by atoms with Crippen LogP contribution in [-0.4, -0.2) is 0 Å². The van der Waals surface area contributed by atoms with Crippen molar-refractivity contribution in [3.8, 4) is 77.9 Å². The average molecular weight is 927 g/mol. The van der Waals surface area contributed by atoms with Crippen LogP contribution in [0, 0.1) is 11.6 Å². The van der Waals surface area contributed by atoms with Crippen LogP contribution < -0.4 is 0 Å². The smallest absolute Gasteiger partial charge is 0.123 e. The van der Waals surface area contributed by atoms with E-state index in [0.29, 0.717) is 0 Å². The summed E-state index contributed by atoms with van der Waals surface area (Å²) in [5.41, 5.74) is 21.5. The molecular formula is C70H48F2. The minimum absolute atomic E-state index is 0.234. The summed E-state index contributed by atoms with van der Waals surface area (Å²) in [6.07, 6.45) is 0. The molecule has 0 spiro atoms. The fourth-order valence-corrected chi connectivity index (χ4v) is 12.9. The van der Waals surface area contributed by atoms with E-state index < -0.39 is 0 Å². The lowest BCUT2D eigenvalue weighted by Crippen LogP contribution is -2.15. The molecule has 0 bridgehead atoms. The highest BCUT2D eigenvalue weighted by molar-refractivity contribution is 6.23. The molecular weight excluding hydrogens is 879 g/mol. The fourth-order valence-electron chi connectivity index (χ4n) is 12.9. The number of benzene rings is 12. The van der Waals surface area contributed by atoms with Gasteiger partial charge in [0.1, 0.15) is 11.6 Å². The SMILES string of the molecule is CC1(C)c2cc(-c3ccc4c(c3)C(C)(C)c3cc(-c5c6ccccc6c(-c6ccc(F)cc6)c6ccccc56)ccc3-4)ccc2-c2ccc(-c3c4ccccc4c(-c4ccc(F)cc4)c4ccccc34)cc21. The maximum Gasteiger partial charge on any atom is 0.123 e. The molecule has 0 unspecified atom stereocenters. The summed E-state index contributed by atoms with van der Waals surface area (Å²) in [5, 5.41) is 9.36. The molecule has 0 nitrogen and oxygen atoms in total. The van der Waals surface area contributed by atoms with E-state index in [1.807, 2.05) is 24.3 Å². The molecule has 72 heavy (non-hydrogen) atoms. The summed E-state index contributed by atoms with van der Waals surface area (Å²) in [4.78, 5) is 0. The normalized spacial score (nSPS) is 13.9. The number of rotatable bonds is 5. The van der Waals surface area contributed by atoms with Crippen molar-refractivity contribution in [1.29, 1.82) is 0 Å². The molecule has 12 aromatic carbocycles. The van der Waals surface area contributed by atoms with Gasteiger partial charge in [0.2, 0.25) is 0 Å². The summed E-state index contributed by atoms with van der Waals surface area (Å²) in [6.45, 7) is 9.51. The molecule has 0 radical (unpaired) electrons. The van der Waals surface area contributed by atoms with E-state index in [2.05, 4.69) is 198 Å². The molecule has 0 aromatic heterocycles. The van der Waals surface area contributed by atoms with E-state index in [4.69, 9.17) is 0 Å². The van der Waals surface area contributed by atoms with Crippen molar-refractivity contribution in [1.82, 2.24) is 0 Å². The molecule has 2 heteroatoms. The molecule has 0 heterocycles. The van der Waals surface area contributed by atoms with Gasteiger partial charge in [-0.05, 0) is 192 Å². The monoisotopic (exact) mass is 926 g/mol. The van der Waals surface area contributed by atoms with Gasteiger partial charge in [0.15, 0.2) is 0 Å². The Morgan fingerprint density at radius 3 is 0.708 bits per heavy atom. The summed E-state index contributed by atoms with van der Waals surface area (Å²) in [5.74, 6) is -0.467. The van der Waals surface area contributed by atoms with E-state index in [0.717, 1.165) is 43.8 Å². The molecule has 14 rings (SSSR count). The highest BCUT2D eigenvalue weighted by Gasteiger charge is 2.38. The van der Waals surface area contributed by atoms with Crippen LogP contribution in [-0.2, 0) is 10.8 Å². The van der Waals surface area contributed by atoms with Gasteiger partial charge < -0.3 is 0 Å². The van der Waals surface area contributed by atoms with E-state index in [-0.39, 0.29) is 22.5 Å². The quantitative estimate of drug-likeness (QED) is 0.151. The molecule has 0 N–H and O–H groups in total. The summed E-state index contributed by atoms with van der Waals surface area (Å²) in [6, 6.07) is 76.9. The van der Waals surface area contributed by atoms with Crippen molar-refractivity contribution in [3.05, 3.63) is 252 Å². The van der Waals surface area contributed by atoms with Crippen molar-refractivity contribution in [2.45, 2.75) is 38.5 Å². The Kier molecular flexibility index (Phi) is 9.14. The van der Waals surface area contributed by atoms with Crippen LogP contribution in [0.15, 0.2) is 218 Å². The summed E-state index contributed by atoms with van der Waals surface area (Å²) in [7, 11) is 0. The van der Waals surface area contributed by atoms with E-state index in [1.165, 1.54) is 99.4 Å². The van der Waals surface area contributed by atoms with Gasteiger partial charge in [0.05, 0.1) is 0 Å². The number of hydrogen-bond donors (Lipinski definition) is 0. The maximum absolute atomic E-state index is 14.2. The van der Waals surface area contributed by atoms with Gasteiger partial charge in [-0.15, -0.1) is 0 Å². The van der Waals surface area contributed by atoms with Gasteiger partial charge in [0, 0.05) is 10.8 Å². The van der Waals surface area contributed by atoms with Crippen LogP contribution in [0.2, 0.25) is 0 Å². The minimum atomic E-state index is -0.245. The van der Waals surface area contributed by atoms with Crippen LogP contribution in [0.3, 0.4) is 0 Å². The van der Waals surface area contributed by atoms with Gasteiger partial charge in [-0.3, -0.25) is 0 Å². The van der Waals surface area contributed by atoms with Crippen molar-refractivity contribution in [2.75, 3.05) is 0 Å².